The second kappa shape index (κ2) is 10.4. The van der Waals surface area contributed by atoms with E-state index in [0.717, 1.165) is 23.3 Å². The summed E-state index contributed by atoms with van der Waals surface area (Å²) in [5.41, 5.74) is 2.10. The highest BCUT2D eigenvalue weighted by molar-refractivity contribution is 6.43. The number of benzene rings is 3. The lowest BCUT2D eigenvalue weighted by Gasteiger charge is -2.25. The summed E-state index contributed by atoms with van der Waals surface area (Å²) < 4.78 is 39.3. The number of alkyl halides is 3. The van der Waals surface area contributed by atoms with Crippen LogP contribution in [0.5, 0.6) is 0 Å². The fourth-order valence-corrected chi connectivity index (χ4v) is 3.97. The molecule has 0 aliphatic heterocycles. The molecular weight excluding hydrogens is 482 g/mol. The lowest BCUT2D eigenvalue weighted by molar-refractivity contribution is -0.137. The van der Waals surface area contributed by atoms with Crippen LogP contribution in [0.25, 0.3) is 0 Å². The molecule has 3 rings (SSSR count). The van der Waals surface area contributed by atoms with Crippen LogP contribution in [0.15, 0.2) is 66.7 Å². The van der Waals surface area contributed by atoms with Crippen molar-refractivity contribution in [2.45, 2.75) is 45.3 Å². The summed E-state index contributed by atoms with van der Waals surface area (Å²) in [5, 5.41) is 0.418. The molecule has 180 valence electrons. The fraction of sp³-hybridized carbons (Fsp3) is 0.296. The molecule has 0 atom stereocenters. The smallest absolute Gasteiger partial charge is 0.334 e. The molecule has 0 bridgehead atoms. The van der Waals surface area contributed by atoms with E-state index in [0.29, 0.717) is 5.56 Å². The Kier molecular flexibility index (Phi) is 7.99. The maximum absolute atomic E-state index is 13.4. The van der Waals surface area contributed by atoms with Crippen molar-refractivity contribution < 1.29 is 18.0 Å². The number of amides is 1. The molecule has 0 radical (unpaired) electrons. The third-order valence-corrected chi connectivity index (χ3v) is 6.41. The van der Waals surface area contributed by atoms with Gasteiger partial charge in [-0.25, -0.2) is 0 Å². The van der Waals surface area contributed by atoms with E-state index in [4.69, 9.17) is 23.2 Å². The minimum absolute atomic E-state index is 0.00809. The molecule has 2 nitrogen and oxygen atoms in total. The zero-order valence-corrected chi connectivity index (χ0v) is 20.7. The summed E-state index contributed by atoms with van der Waals surface area (Å²) in [5.74, 6) is -0.334. The van der Waals surface area contributed by atoms with Gasteiger partial charge >= 0.3 is 6.18 Å². The molecule has 0 aliphatic rings. The van der Waals surface area contributed by atoms with Gasteiger partial charge in [-0.05, 0) is 46.7 Å². The Morgan fingerprint density at radius 3 is 2.12 bits per heavy atom. The zero-order chi connectivity index (χ0) is 25.1. The van der Waals surface area contributed by atoms with Crippen molar-refractivity contribution in [3.05, 3.63) is 105 Å². The van der Waals surface area contributed by atoms with Gasteiger partial charge in [0.05, 0.1) is 21.2 Å². The van der Waals surface area contributed by atoms with Gasteiger partial charge in [-0.15, -0.1) is 0 Å². The topological polar surface area (TPSA) is 20.3 Å². The summed E-state index contributed by atoms with van der Waals surface area (Å²) in [7, 11) is 0. The predicted molar refractivity (Wildman–Crippen MR) is 131 cm³/mol. The van der Waals surface area contributed by atoms with Crippen LogP contribution in [-0.4, -0.2) is 17.4 Å². The van der Waals surface area contributed by atoms with Gasteiger partial charge in [0.15, 0.2) is 0 Å². The van der Waals surface area contributed by atoms with Crippen LogP contribution in [-0.2, 0) is 24.6 Å². The maximum atomic E-state index is 13.4. The minimum Gasteiger partial charge on any atom is -0.334 e. The first-order valence-corrected chi connectivity index (χ1v) is 11.6. The van der Waals surface area contributed by atoms with Crippen molar-refractivity contribution >= 4 is 29.1 Å². The van der Waals surface area contributed by atoms with E-state index in [1.165, 1.54) is 6.07 Å². The quantitative estimate of drug-likeness (QED) is 0.329. The van der Waals surface area contributed by atoms with Crippen LogP contribution >= 0.6 is 23.2 Å². The lowest BCUT2D eigenvalue weighted by atomic mass is 9.87. The first-order chi connectivity index (χ1) is 15.9. The molecule has 3 aromatic carbocycles. The van der Waals surface area contributed by atoms with Gasteiger partial charge in [-0.2, -0.15) is 13.2 Å². The Labute approximate surface area is 208 Å². The second-order valence-corrected chi connectivity index (χ2v) is 10.0. The number of carbonyl (C=O) groups is 1. The van der Waals surface area contributed by atoms with E-state index in [1.54, 1.807) is 29.2 Å². The van der Waals surface area contributed by atoms with E-state index in [2.05, 4.69) is 20.8 Å². The molecule has 0 unspecified atom stereocenters. The number of carbonyl (C=O) groups excluding carboxylic acids is 1. The average molecular weight is 508 g/mol. The van der Waals surface area contributed by atoms with E-state index in [1.807, 2.05) is 24.3 Å². The van der Waals surface area contributed by atoms with E-state index < -0.39 is 11.7 Å². The van der Waals surface area contributed by atoms with Gasteiger partial charge in [-0.1, -0.05) is 92.5 Å². The van der Waals surface area contributed by atoms with E-state index in [9.17, 15) is 18.0 Å². The highest BCUT2D eigenvalue weighted by atomic mass is 35.5. The third kappa shape index (κ3) is 6.55. The molecule has 0 saturated heterocycles. The van der Waals surface area contributed by atoms with Crippen molar-refractivity contribution in [2.75, 3.05) is 6.54 Å². The normalized spacial score (nSPS) is 12.0. The summed E-state index contributed by atoms with van der Waals surface area (Å²) in [6.45, 7) is 6.85. The van der Waals surface area contributed by atoms with Crippen molar-refractivity contribution in [2.24, 2.45) is 0 Å². The number of nitrogens with zero attached hydrogens (tertiary/aromatic N) is 1. The van der Waals surface area contributed by atoms with Crippen LogP contribution in [0, 0.1) is 0 Å². The second-order valence-electron chi connectivity index (χ2n) is 9.22. The van der Waals surface area contributed by atoms with Gasteiger partial charge in [0, 0.05) is 13.1 Å². The number of halogens is 5. The molecule has 0 spiro atoms. The average Bonchev–Trinajstić information content (AvgIpc) is 2.77. The highest BCUT2D eigenvalue weighted by Gasteiger charge is 2.30. The van der Waals surface area contributed by atoms with Gasteiger partial charge in [-0.3, -0.25) is 4.79 Å². The van der Waals surface area contributed by atoms with E-state index >= 15 is 0 Å². The Morgan fingerprint density at radius 1 is 0.853 bits per heavy atom. The summed E-state index contributed by atoms with van der Waals surface area (Å²) in [4.78, 5) is 15.0. The lowest BCUT2D eigenvalue weighted by Crippen LogP contribution is -2.33. The first-order valence-electron chi connectivity index (χ1n) is 10.8. The third-order valence-electron chi connectivity index (χ3n) is 5.59. The van der Waals surface area contributed by atoms with Crippen molar-refractivity contribution in [3.8, 4) is 0 Å². The summed E-state index contributed by atoms with van der Waals surface area (Å²) in [6, 6.07) is 18.0. The number of hydrogen-bond acceptors (Lipinski definition) is 1. The minimum atomic E-state index is -4.42. The molecular formula is C27H26Cl2F3NO. The Bertz CT molecular complexity index is 1150. The highest BCUT2D eigenvalue weighted by Crippen LogP contribution is 2.30. The maximum Gasteiger partial charge on any atom is 0.416 e. The zero-order valence-electron chi connectivity index (χ0n) is 19.2. The SMILES string of the molecule is CC(C)(C)c1ccc(CN(CCc2cccc(C(F)(F)F)c2)C(=O)c2cccc(Cl)c2Cl)cc1. The van der Waals surface area contributed by atoms with Gasteiger partial charge in [0.2, 0.25) is 0 Å². The predicted octanol–water partition coefficient (Wildman–Crippen LogP) is 8.19. The summed E-state index contributed by atoms with van der Waals surface area (Å²) in [6.07, 6.45) is -4.16. The fourth-order valence-electron chi connectivity index (χ4n) is 3.59. The van der Waals surface area contributed by atoms with Crippen LogP contribution in [0.4, 0.5) is 13.2 Å². The Morgan fingerprint density at radius 2 is 1.50 bits per heavy atom. The van der Waals surface area contributed by atoms with Crippen molar-refractivity contribution in [1.29, 1.82) is 0 Å². The van der Waals surface area contributed by atoms with Crippen LogP contribution in [0.2, 0.25) is 10.0 Å². The first kappa shape index (κ1) is 26.1. The molecule has 3 aromatic rings. The van der Waals surface area contributed by atoms with Gasteiger partial charge < -0.3 is 4.90 Å². The van der Waals surface area contributed by atoms with Gasteiger partial charge in [0.1, 0.15) is 0 Å². The molecule has 0 heterocycles. The van der Waals surface area contributed by atoms with E-state index in [-0.39, 0.29) is 46.4 Å². The molecule has 1 amide bonds. The summed E-state index contributed by atoms with van der Waals surface area (Å²) >= 11 is 12.4. The molecule has 0 fully saturated rings. The largest absolute Gasteiger partial charge is 0.416 e. The molecule has 7 heteroatoms. The molecule has 34 heavy (non-hydrogen) atoms. The molecule has 0 aliphatic carbocycles. The Balaban J connectivity index is 1.87. The standard InChI is InChI=1S/C27H26Cl2F3NO/c1-26(2,3)20-12-10-19(11-13-20)17-33(25(34)22-8-5-9-23(28)24(22)29)15-14-18-6-4-7-21(16-18)27(30,31)32/h4-13,16H,14-15,17H2,1-3H3. The Hall–Kier alpha value is -2.50. The van der Waals surface area contributed by atoms with Crippen molar-refractivity contribution in [1.82, 2.24) is 4.90 Å². The van der Waals surface area contributed by atoms with Crippen LogP contribution in [0.1, 0.15) is 53.4 Å². The van der Waals surface area contributed by atoms with Gasteiger partial charge in [0.25, 0.3) is 5.91 Å². The number of hydrogen-bond donors (Lipinski definition) is 0. The molecule has 0 aromatic heterocycles. The molecule has 0 saturated carbocycles. The monoisotopic (exact) mass is 507 g/mol. The molecule has 0 N–H and O–H groups in total. The van der Waals surface area contributed by atoms with Crippen molar-refractivity contribution in [3.63, 3.8) is 0 Å². The van der Waals surface area contributed by atoms with Crippen LogP contribution in [0.3, 0.4) is 0 Å². The number of rotatable bonds is 6. The van der Waals surface area contributed by atoms with Crippen LogP contribution < -0.4 is 0 Å².